The van der Waals surface area contributed by atoms with Crippen molar-refractivity contribution in [2.45, 2.75) is 51.8 Å². The summed E-state index contributed by atoms with van der Waals surface area (Å²) in [7, 11) is 0. The van der Waals surface area contributed by atoms with E-state index in [-0.39, 0.29) is 24.7 Å². The second kappa shape index (κ2) is 7.36. The monoisotopic (exact) mass is 294 g/mol. The molecule has 0 aliphatic carbocycles. The van der Waals surface area contributed by atoms with Crippen LogP contribution in [0.3, 0.4) is 0 Å². The highest BCUT2D eigenvalue weighted by Crippen LogP contribution is 2.27. The molecule has 0 unspecified atom stereocenters. The third-order valence-electron chi connectivity index (χ3n) is 3.79. The van der Waals surface area contributed by atoms with E-state index >= 15 is 0 Å². The van der Waals surface area contributed by atoms with Gasteiger partial charge in [-0.05, 0) is 19.4 Å². The van der Waals surface area contributed by atoms with Crippen LogP contribution >= 0.6 is 0 Å². The predicted molar refractivity (Wildman–Crippen MR) is 80.8 cm³/mol. The van der Waals surface area contributed by atoms with Crippen molar-refractivity contribution in [1.29, 1.82) is 0 Å². The lowest BCUT2D eigenvalue weighted by Crippen LogP contribution is -2.31. The summed E-state index contributed by atoms with van der Waals surface area (Å²) in [5, 5.41) is 9.43. The second-order valence-corrected chi connectivity index (χ2v) is 6.18. The van der Waals surface area contributed by atoms with Gasteiger partial charge in [0, 0.05) is 18.9 Å². The zero-order valence-corrected chi connectivity index (χ0v) is 13.1. The molecule has 0 radical (unpaired) electrons. The van der Waals surface area contributed by atoms with E-state index in [1.165, 1.54) is 0 Å². The van der Waals surface area contributed by atoms with Crippen molar-refractivity contribution >= 4 is 0 Å². The van der Waals surface area contributed by atoms with E-state index in [1.807, 2.05) is 51.1 Å². The Balaban J connectivity index is 1.89. The molecule has 1 N–H and O–H groups in total. The number of hydrogen-bond donors (Lipinski definition) is 1. The molecule has 0 bridgehead atoms. The zero-order valence-electron chi connectivity index (χ0n) is 13.1. The van der Waals surface area contributed by atoms with E-state index in [2.05, 4.69) is 0 Å². The zero-order chi connectivity index (χ0) is 15.3. The summed E-state index contributed by atoms with van der Waals surface area (Å²) in [6, 6.07) is 10.1. The molecule has 0 saturated carbocycles. The molecule has 4 nitrogen and oxygen atoms in total. The molecular weight excluding hydrogens is 268 g/mol. The Hall–Kier alpha value is -0.940. The van der Waals surface area contributed by atoms with Crippen molar-refractivity contribution in [1.82, 2.24) is 0 Å². The molecule has 1 fully saturated rings. The minimum Gasteiger partial charge on any atom is -0.396 e. The van der Waals surface area contributed by atoms with Crippen molar-refractivity contribution in [2.75, 3.05) is 13.2 Å². The van der Waals surface area contributed by atoms with Gasteiger partial charge in [-0.15, -0.1) is 0 Å². The molecule has 4 heteroatoms. The molecular formula is C17H26O4. The molecule has 1 aliphatic heterocycles. The van der Waals surface area contributed by atoms with Gasteiger partial charge in [-0.3, -0.25) is 0 Å². The highest BCUT2D eigenvalue weighted by Gasteiger charge is 2.35. The number of rotatable bonds is 7. The third-order valence-corrected chi connectivity index (χ3v) is 3.79. The fourth-order valence-electron chi connectivity index (χ4n) is 2.50. The Bertz CT molecular complexity index is 418. The van der Waals surface area contributed by atoms with Gasteiger partial charge in [0.05, 0.1) is 25.4 Å². The summed E-state index contributed by atoms with van der Waals surface area (Å²) >= 11 is 0. The van der Waals surface area contributed by atoms with E-state index in [9.17, 15) is 5.11 Å². The Morgan fingerprint density at radius 3 is 2.62 bits per heavy atom. The Kier molecular flexibility index (Phi) is 5.76. The molecule has 1 aromatic rings. The first-order valence-corrected chi connectivity index (χ1v) is 7.58. The fourth-order valence-corrected chi connectivity index (χ4v) is 2.50. The third kappa shape index (κ3) is 5.08. The maximum absolute atomic E-state index is 9.43. The maximum Gasteiger partial charge on any atom is 0.163 e. The van der Waals surface area contributed by atoms with Crippen molar-refractivity contribution in [3.63, 3.8) is 0 Å². The van der Waals surface area contributed by atoms with Crippen LogP contribution in [-0.4, -0.2) is 36.3 Å². The SMILES string of the molecule is C[C@H](CO)[C@H](C[C@H]1COC(C)(C)O1)OCc1ccccc1. The standard InChI is InChI=1S/C17H26O4/c1-13(10-18)16(9-15-12-20-17(2,3)21-15)19-11-14-7-5-4-6-8-14/h4-8,13,15-16,18H,9-12H2,1-3H3/t13-,15+,16+/m1/s1. The molecule has 0 amide bonds. The van der Waals surface area contributed by atoms with Crippen LogP contribution in [0.5, 0.6) is 0 Å². The van der Waals surface area contributed by atoms with Crippen LogP contribution in [0.15, 0.2) is 30.3 Å². The molecule has 118 valence electrons. The van der Waals surface area contributed by atoms with Crippen LogP contribution in [0.4, 0.5) is 0 Å². The smallest absolute Gasteiger partial charge is 0.163 e. The molecule has 21 heavy (non-hydrogen) atoms. The first kappa shape index (κ1) is 16.4. The lowest BCUT2D eigenvalue weighted by atomic mass is 10.00. The van der Waals surface area contributed by atoms with E-state index in [0.717, 1.165) is 12.0 Å². The Morgan fingerprint density at radius 2 is 2.05 bits per heavy atom. The first-order valence-electron chi connectivity index (χ1n) is 7.58. The predicted octanol–water partition coefficient (Wildman–Crippen LogP) is 2.74. The van der Waals surface area contributed by atoms with Gasteiger partial charge in [0.2, 0.25) is 0 Å². The van der Waals surface area contributed by atoms with Gasteiger partial charge in [0.1, 0.15) is 0 Å². The molecule has 0 spiro atoms. The maximum atomic E-state index is 9.43. The van der Waals surface area contributed by atoms with Crippen LogP contribution in [0, 0.1) is 5.92 Å². The number of aliphatic hydroxyl groups excluding tert-OH is 1. The van der Waals surface area contributed by atoms with E-state index < -0.39 is 5.79 Å². The summed E-state index contributed by atoms with van der Waals surface area (Å²) in [5.74, 6) is -0.446. The lowest BCUT2D eigenvalue weighted by Gasteiger charge is -2.26. The van der Waals surface area contributed by atoms with Crippen LogP contribution < -0.4 is 0 Å². The van der Waals surface area contributed by atoms with Crippen molar-refractivity contribution in [3.05, 3.63) is 35.9 Å². The minimum absolute atomic E-state index is 0.0229. The van der Waals surface area contributed by atoms with E-state index in [0.29, 0.717) is 13.2 Å². The average Bonchev–Trinajstić information content (AvgIpc) is 2.82. The quantitative estimate of drug-likeness (QED) is 0.840. The molecule has 1 saturated heterocycles. The number of aliphatic hydroxyl groups is 1. The summed E-state index contributed by atoms with van der Waals surface area (Å²) in [6.07, 6.45) is 0.713. The van der Waals surface area contributed by atoms with Crippen molar-refractivity contribution < 1.29 is 19.3 Å². The summed E-state index contributed by atoms with van der Waals surface area (Å²) in [6.45, 7) is 7.07. The fraction of sp³-hybridized carbons (Fsp3) is 0.647. The van der Waals surface area contributed by atoms with Gasteiger partial charge in [-0.2, -0.15) is 0 Å². The van der Waals surface area contributed by atoms with Gasteiger partial charge in [0.15, 0.2) is 5.79 Å². The first-order chi connectivity index (χ1) is 10.00. The normalized spacial score (nSPS) is 23.9. The molecule has 1 aromatic carbocycles. The van der Waals surface area contributed by atoms with Crippen LogP contribution in [0.1, 0.15) is 32.8 Å². The highest BCUT2D eigenvalue weighted by molar-refractivity contribution is 5.13. The van der Waals surface area contributed by atoms with Crippen molar-refractivity contribution in [2.24, 2.45) is 5.92 Å². The van der Waals surface area contributed by atoms with Crippen LogP contribution in [0.25, 0.3) is 0 Å². The molecule has 0 aromatic heterocycles. The highest BCUT2D eigenvalue weighted by atomic mass is 16.7. The Morgan fingerprint density at radius 1 is 1.33 bits per heavy atom. The summed E-state index contributed by atoms with van der Waals surface area (Å²) < 4.78 is 17.4. The van der Waals surface area contributed by atoms with Crippen LogP contribution in [0.2, 0.25) is 0 Å². The molecule has 2 rings (SSSR count). The average molecular weight is 294 g/mol. The molecule has 3 atom stereocenters. The number of hydrogen-bond acceptors (Lipinski definition) is 4. The van der Waals surface area contributed by atoms with Gasteiger partial charge in [-0.25, -0.2) is 0 Å². The largest absolute Gasteiger partial charge is 0.396 e. The summed E-state index contributed by atoms with van der Waals surface area (Å²) in [4.78, 5) is 0. The van der Waals surface area contributed by atoms with Crippen molar-refractivity contribution in [3.8, 4) is 0 Å². The van der Waals surface area contributed by atoms with Crippen LogP contribution in [-0.2, 0) is 20.8 Å². The molecule has 1 heterocycles. The van der Waals surface area contributed by atoms with Gasteiger partial charge in [0.25, 0.3) is 0 Å². The number of ether oxygens (including phenoxy) is 3. The minimum atomic E-state index is -0.517. The van der Waals surface area contributed by atoms with Gasteiger partial charge < -0.3 is 19.3 Å². The molecule has 1 aliphatic rings. The van der Waals surface area contributed by atoms with E-state index in [1.54, 1.807) is 0 Å². The topological polar surface area (TPSA) is 47.9 Å². The Labute approximate surface area is 127 Å². The lowest BCUT2D eigenvalue weighted by molar-refractivity contribution is -0.144. The second-order valence-electron chi connectivity index (χ2n) is 6.18. The van der Waals surface area contributed by atoms with E-state index in [4.69, 9.17) is 14.2 Å². The van der Waals surface area contributed by atoms with Gasteiger partial charge in [-0.1, -0.05) is 37.3 Å². The summed E-state index contributed by atoms with van der Waals surface area (Å²) in [5.41, 5.74) is 1.14. The number of benzene rings is 1. The van der Waals surface area contributed by atoms with Gasteiger partial charge >= 0.3 is 0 Å².